The van der Waals surface area contributed by atoms with E-state index in [0.29, 0.717) is 22.3 Å². The number of fused-ring (bicyclic) bond motifs is 1. The normalized spacial score (nSPS) is 10.8. The van der Waals surface area contributed by atoms with E-state index in [1.807, 2.05) is 16.8 Å². The van der Waals surface area contributed by atoms with Gasteiger partial charge in [0.25, 0.3) is 0 Å². The lowest BCUT2D eigenvalue weighted by atomic mass is 10.1. The maximum atomic E-state index is 12.1. The number of carboxylic acid groups (broad SMARTS) is 1. The second-order valence-electron chi connectivity index (χ2n) is 4.39. The third kappa shape index (κ3) is 2.35. The van der Waals surface area contributed by atoms with Crippen molar-refractivity contribution in [1.29, 1.82) is 0 Å². The molecule has 0 spiro atoms. The van der Waals surface area contributed by atoms with Crippen LogP contribution in [-0.2, 0) is 11.2 Å². The molecule has 0 unspecified atom stereocenters. The summed E-state index contributed by atoms with van der Waals surface area (Å²) in [6.07, 6.45) is -0.109. The van der Waals surface area contributed by atoms with Crippen molar-refractivity contribution in [2.24, 2.45) is 0 Å². The lowest BCUT2D eigenvalue weighted by Gasteiger charge is -2.03. The minimum atomic E-state index is -0.927. The van der Waals surface area contributed by atoms with Gasteiger partial charge in [0.15, 0.2) is 5.43 Å². The second-order valence-corrected chi connectivity index (χ2v) is 5.17. The molecule has 0 atom stereocenters. The zero-order valence-corrected chi connectivity index (χ0v) is 11.1. The number of benzene rings is 1. The zero-order chi connectivity index (χ0) is 14.1. The highest BCUT2D eigenvalue weighted by Gasteiger charge is 2.09. The van der Waals surface area contributed by atoms with Crippen molar-refractivity contribution in [2.45, 2.75) is 6.42 Å². The van der Waals surface area contributed by atoms with E-state index in [1.54, 1.807) is 18.2 Å². The first kappa shape index (κ1) is 12.6. The van der Waals surface area contributed by atoms with Crippen LogP contribution < -0.4 is 5.43 Å². The van der Waals surface area contributed by atoms with Gasteiger partial charge in [-0.2, -0.15) is 11.3 Å². The fraction of sp³-hybridized carbons (Fsp3) is 0.0667. The van der Waals surface area contributed by atoms with Crippen LogP contribution in [0.25, 0.3) is 22.3 Å². The molecule has 1 N–H and O–H groups in total. The standard InChI is InChI=1S/C15H10O4S/c16-12-7-14(10-3-4-20-8-10)19-13-2-1-9(5-11(12)13)6-15(17)18/h1-5,7-8H,6H2,(H,17,18). The average Bonchev–Trinajstić information content (AvgIpc) is 2.92. The number of rotatable bonds is 3. The molecule has 0 fully saturated rings. The maximum Gasteiger partial charge on any atom is 0.307 e. The van der Waals surface area contributed by atoms with E-state index in [-0.39, 0.29) is 11.8 Å². The van der Waals surface area contributed by atoms with Crippen molar-refractivity contribution in [3.8, 4) is 11.3 Å². The van der Waals surface area contributed by atoms with Crippen LogP contribution in [0.4, 0.5) is 0 Å². The number of carboxylic acids is 1. The number of carbonyl (C=O) groups is 1. The first-order chi connectivity index (χ1) is 9.63. The lowest BCUT2D eigenvalue weighted by molar-refractivity contribution is -0.136. The van der Waals surface area contributed by atoms with Crippen molar-refractivity contribution >= 4 is 28.3 Å². The summed E-state index contributed by atoms with van der Waals surface area (Å²) in [5.74, 6) is -0.404. The Morgan fingerprint density at radius 2 is 2.10 bits per heavy atom. The van der Waals surface area contributed by atoms with Gasteiger partial charge < -0.3 is 9.52 Å². The van der Waals surface area contributed by atoms with Gasteiger partial charge in [-0.25, -0.2) is 0 Å². The van der Waals surface area contributed by atoms with Gasteiger partial charge in [0.05, 0.1) is 11.8 Å². The molecule has 0 bridgehead atoms. The van der Waals surface area contributed by atoms with E-state index in [2.05, 4.69) is 0 Å². The molecule has 2 heterocycles. The van der Waals surface area contributed by atoms with Crippen molar-refractivity contribution in [2.75, 3.05) is 0 Å². The van der Waals surface area contributed by atoms with Crippen LogP contribution in [0.5, 0.6) is 0 Å². The summed E-state index contributed by atoms with van der Waals surface area (Å²) in [6.45, 7) is 0. The van der Waals surface area contributed by atoms with Crippen LogP contribution in [0.3, 0.4) is 0 Å². The molecule has 0 radical (unpaired) electrons. The first-order valence-electron chi connectivity index (χ1n) is 5.94. The van der Waals surface area contributed by atoms with Gasteiger partial charge in [-0.3, -0.25) is 9.59 Å². The Labute approximate surface area is 117 Å². The molecule has 0 aliphatic heterocycles. The van der Waals surface area contributed by atoms with Crippen LogP contribution in [-0.4, -0.2) is 11.1 Å². The maximum absolute atomic E-state index is 12.1. The van der Waals surface area contributed by atoms with Crippen LogP contribution >= 0.6 is 11.3 Å². The summed E-state index contributed by atoms with van der Waals surface area (Å²) >= 11 is 1.53. The van der Waals surface area contributed by atoms with Crippen LogP contribution in [0.1, 0.15) is 5.56 Å². The molecule has 100 valence electrons. The Kier molecular flexibility index (Phi) is 3.12. The Hall–Kier alpha value is -2.40. The van der Waals surface area contributed by atoms with E-state index in [0.717, 1.165) is 5.56 Å². The molecule has 1 aromatic carbocycles. The van der Waals surface area contributed by atoms with E-state index in [9.17, 15) is 9.59 Å². The Balaban J connectivity index is 2.14. The second kappa shape index (κ2) is 4.94. The van der Waals surface area contributed by atoms with Crippen molar-refractivity contribution < 1.29 is 14.3 Å². The molecular weight excluding hydrogens is 276 g/mol. The quantitative estimate of drug-likeness (QED) is 0.803. The Morgan fingerprint density at radius 3 is 2.80 bits per heavy atom. The molecule has 0 aliphatic carbocycles. The summed E-state index contributed by atoms with van der Waals surface area (Å²) in [5.41, 5.74) is 1.75. The number of hydrogen-bond acceptors (Lipinski definition) is 4. The summed E-state index contributed by atoms with van der Waals surface area (Å²) in [7, 11) is 0. The highest BCUT2D eigenvalue weighted by Crippen LogP contribution is 2.24. The molecule has 3 rings (SSSR count). The predicted molar refractivity (Wildman–Crippen MR) is 77.1 cm³/mol. The molecule has 4 nitrogen and oxygen atoms in total. The fourth-order valence-corrected chi connectivity index (χ4v) is 2.68. The van der Waals surface area contributed by atoms with Gasteiger partial charge in [-0.05, 0) is 29.1 Å². The number of thiophene rings is 1. The highest BCUT2D eigenvalue weighted by molar-refractivity contribution is 7.08. The topological polar surface area (TPSA) is 67.5 Å². The average molecular weight is 286 g/mol. The smallest absolute Gasteiger partial charge is 0.307 e. The van der Waals surface area contributed by atoms with Gasteiger partial charge in [-0.15, -0.1) is 0 Å². The summed E-state index contributed by atoms with van der Waals surface area (Å²) in [6, 6.07) is 8.21. The zero-order valence-electron chi connectivity index (χ0n) is 10.3. The number of hydrogen-bond donors (Lipinski definition) is 1. The first-order valence-corrected chi connectivity index (χ1v) is 6.89. The van der Waals surface area contributed by atoms with Crippen LogP contribution in [0.15, 0.2) is 50.3 Å². The van der Waals surface area contributed by atoms with E-state index in [1.165, 1.54) is 17.4 Å². The predicted octanol–water partition coefficient (Wildman–Crippen LogP) is 3.15. The molecule has 3 aromatic rings. The molecule has 0 saturated carbocycles. The van der Waals surface area contributed by atoms with Gasteiger partial charge >= 0.3 is 5.97 Å². The third-order valence-corrected chi connectivity index (χ3v) is 3.64. The number of aliphatic carboxylic acids is 1. The molecule has 2 aromatic heterocycles. The summed E-state index contributed by atoms with van der Waals surface area (Å²) in [4.78, 5) is 22.8. The van der Waals surface area contributed by atoms with Crippen LogP contribution in [0, 0.1) is 0 Å². The third-order valence-electron chi connectivity index (χ3n) is 2.95. The summed E-state index contributed by atoms with van der Waals surface area (Å²) < 4.78 is 5.71. The van der Waals surface area contributed by atoms with Gasteiger partial charge in [0.1, 0.15) is 11.3 Å². The molecule has 0 amide bonds. The van der Waals surface area contributed by atoms with Crippen molar-refractivity contribution in [3.05, 3.63) is 56.9 Å². The fourth-order valence-electron chi connectivity index (χ4n) is 2.03. The molecule has 0 aliphatic rings. The molecule has 20 heavy (non-hydrogen) atoms. The van der Waals surface area contributed by atoms with E-state index < -0.39 is 5.97 Å². The minimum Gasteiger partial charge on any atom is -0.481 e. The van der Waals surface area contributed by atoms with Gasteiger partial charge in [0, 0.05) is 17.0 Å². The Bertz CT molecular complexity index is 831. The van der Waals surface area contributed by atoms with Crippen molar-refractivity contribution in [3.63, 3.8) is 0 Å². The SMILES string of the molecule is O=C(O)Cc1ccc2oc(-c3ccsc3)cc(=O)c2c1. The van der Waals surface area contributed by atoms with Gasteiger partial charge in [-0.1, -0.05) is 6.07 Å². The van der Waals surface area contributed by atoms with Crippen molar-refractivity contribution in [1.82, 2.24) is 0 Å². The van der Waals surface area contributed by atoms with E-state index in [4.69, 9.17) is 9.52 Å². The largest absolute Gasteiger partial charge is 0.481 e. The monoisotopic (exact) mass is 286 g/mol. The minimum absolute atomic E-state index is 0.109. The lowest BCUT2D eigenvalue weighted by Crippen LogP contribution is -2.03. The molecular formula is C15H10O4S. The Morgan fingerprint density at radius 1 is 1.25 bits per heavy atom. The van der Waals surface area contributed by atoms with Gasteiger partial charge in [0.2, 0.25) is 0 Å². The van der Waals surface area contributed by atoms with Crippen LogP contribution in [0.2, 0.25) is 0 Å². The highest BCUT2D eigenvalue weighted by atomic mass is 32.1. The molecule has 0 saturated heterocycles. The molecule has 5 heteroatoms. The van der Waals surface area contributed by atoms with E-state index >= 15 is 0 Å². The summed E-state index contributed by atoms with van der Waals surface area (Å²) in [5, 5.41) is 13.0.